The minimum atomic E-state index is -0.685. The van der Waals surface area contributed by atoms with Crippen LogP contribution in [0.2, 0.25) is 0 Å². The highest BCUT2D eigenvalue weighted by Crippen LogP contribution is 2.43. The number of rotatable bonds is 6. The Bertz CT molecular complexity index is 641. The molecule has 0 bridgehead atoms. The van der Waals surface area contributed by atoms with Crippen LogP contribution in [-0.2, 0) is 22.7 Å². The van der Waals surface area contributed by atoms with Gasteiger partial charge in [0, 0.05) is 25.8 Å². The fourth-order valence-electron chi connectivity index (χ4n) is 4.55. The monoisotopic (exact) mass is 362 g/mol. The van der Waals surface area contributed by atoms with Gasteiger partial charge in [-0.3, -0.25) is 14.6 Å². The number of carbonyl (C=O) groups is 1. The smallest absolute Gasteiger partial charge is 0.320 e. The molecule has 0 unspecified atom stereocenters. The third-order valence-corrected chi connectivity index (χ3v) is 6.00. The molecule has 2 saturated heterocycles. The van der Waals surface area contributed by atoms with Crippen LogP contribution < -0.4 is 4.74 Å². The first-order valence-electron chi connectivity index (χ1n) is 9.26. The minimum Gasteiger partial charge on any atom is -0.496 e. The number of nitrogens with zero attached hydrogens (tertiary/aromatic N) is 2. The van der Waals surface area contributed by atoms with Crippen LogP contribution in [0.1, 0.15) is 30.4 Å². The van der Waals surface area contributed by atoms with Crippen molar-refractivity contribution in [2.45, 2.75) is 38.5 Å². The third kappa shape index (κ3) is 4.03. The quantitative estimate of drug-likeness (QED) is 0.837. The number of benzene rings is 1. The van der Waals surface area contributed by atoms with Gasteiger partial charge < -0.3 is 14.6 Å². The highest BCUT2D eigenvalue weighted by Gasteiger charge is 2.46. The van der Waals surface area contributed by atoms with E-state index in [1.807, 2.05) is 18.0 Å². The molecular formula is C20H30N2O4. The molecule has 26 heavy (non-hydrogen) atoms. The first kappa shape index (κ1) is 19.1. The van der Waals surface area contributed by atoms with Gasteiger partial charge in [-0.15, -0.1) is 0 Å². The molecule has 144 valence electrons. The molecule has 0 saturated carbocycles. The fourth-order valence-corrected chi connectivity index (χ4v) is 4.55. The van der Waals surface area contributed by atoms with Crippen molar-refractivity contribution in [3.63, 3.8) is 0 Å². The second kappa shape index (κ2) is 7.94. The number of hydrogen-bond donors (Lipinski definition) is 1. The lowest BCUT2D eigenvalue weighted by Crippen LogP contribution is -2.40. The molecule has 1 spiro atoms. The van der Waals surface area contributed by atoms with Gasteiger partial charge in [0.2, 0.25) is 0 Å². The Morgan fingerprint density at radius 2 is 2.04 bits per heavy atom. The van der Waals surface area contributed by atoms with Crippen LogP contribution in [0.25, 0.3) is 0 Å². The first-order chi connectivity index (χ1) is 12.5. The molecule has 6 nitrogen and oxygen atoms in total. The number of piperidine rings is 1. The highest BCUT2D eigenvalue weighted by molar-refractivity contribution is 5.74. The number of ether oxygens (including phenoxy) is 2. The summed E-state index contributed by atoms with van der Waals surface area (Å²) in [7, 11) is 5.31. The van der Waals surface area contributed by atoms with E-state index in [-0.39, 0.29) is 11.5 Å². The van der Waals surface area contributed by atoms with Crippen LogP contribution in [0.15, 0.2) is 18.2 Å². The molecule has 0 radical (unpaired) electrons. The second-order valence-corrected chi connectivity index (χ2v) is 7.83. The number of aliphatic carboxylic acids is 1. The van der Waals surface area contributed by atoms with Crippen molar-refractivity contribution < 1.29 is 19.4 Å². The number of carboxylic acids is 1. The van der Waals surface area contributed by atoms with Gasteiger partial charge in [0.05, 0.1) is 13.7 Å². The summed E-state index contributed by atoms with van der Waals surface area (Å²) in [6, 6.07) is 5.97. The van der Waals surface area contributed by atoms with Gasteiger partial charge in [-0.25, -0.2) is 0 Å². The molecule has 1 aromatic carbocycles. The third-order valence-electron chi connectivity index (χ3n) is 6.00. The summed E-state index contributed by atoms with van der Waals surface area (Å²) in [5.74, 6) is 0.178. The Morgan fingerprint density at radius 1 is 1.31 bits per heavy atom. The van der Waals surface area contributed by atoms with Crippen LogP contribution in [0.4, 0.5) is 0 Å². The van der Waals surface area contributed by atoms with E-state index in [0.29, 0.717) is 6.61 Å². The maximum Gasteiger partial charge on any atom is 0.320 e. The number of carboxylic acid groups (broad SMARTS) is 1. The lowest BCUT2D eigenvalue weighted by Gasteiger charge is -2.39. The van der Waals surface area contributed by atoms with Crippen molar-refractivity contribution in [3.05, 3.63) is 29.3 Å². The summed E-state index contributed by atoms with van der Waals surface area (Å²) in [5, 5.41) is 9.38. The van der Waals surface area contributed by atoms with Gasteiger partial charge in [0.15, 0.2) is 0 Å². The van der Waals surface area contributed by atoms with Crippen LogP contribution in [-0.4, -0.2) is 67.8 Å². The molecule has 2 aliphatic rings. The number of likely N-dealkylation sites (N-methyl/N-ethyl adjacent to an activating group) is 1. The maximum absolute atomic E-state index is 11.4. The predicted octanol–water partition coefficient (Wildman–Crippen LogP) is 2.21. The summed E-state index contributed by atoms with van der Waals surface area (Å²) in [5.41, 5.74) is 2.51. The molecule has 0 aromatic heterocycles. The first-order valence-corrected chi connectivity index (χ1v) is 9.26. The molecule has 2 fully saturated rings. The van der Waals surface area contributed by atoms with Crippen LogP contribution >= 0.6 is 0 Å². The van der Waals surface area contributed by atoms with Crippen molar-refractivity contribution in [1.29, 1.82) is 0 Å². The van der Waals surface area contributed by atoms with Crippen molar-refractivity contribution in [2.75, 3.05) is 40.9 Å². The number of hydrogen-bond acceptors (Lipinski definition) is 5. The normalized spacial score (nSPS) is 23.4. The summed E-state index contributed by atoms with van der Waals surface area (Å²) < 4.78 is 10.7. The Labute approximate surface area is 155 Å². The van der Waals surface area contributed by atoms with E-state index >= 15 is 0 Å². The van der Waals surface area contributed by atoms with Gasteiger partial charge in [0.25, 0.3) is 0 Å². The van der Waals surface area contributed by atoms with Crippen molar-refractivity contribution in [1.82, 2.24) is 9.80 Å². The summed E-state index contributed by atoms with van der Waals surface area (Å²) in [6.45, 7) is 4.40. The zero-order valence-electron chi connectivity index (χ0n) is 16.0. The van der Waals surface area contributed by atoms with Crippen molar-refractivity contribution in [3.8, 4) is 5.75 Å². The lowest BCUT2D eigenvalue weighted by atomic mass is 9.76. The molecule has 2 heterocycles. The summed E-state index contributed by atoms with van der Waals surface area (Å²) in [6.07, 6.45) is 2.93. The predicted molar refractivity (Wildman–Crippen MR) is 99.3 cm³/mol. The molecule has 0 aliphatic carbocycles. The topological polar surface area (TPSA) is 62.2 Å². The van der Waals surface area contributed by atoms with E-state index < -0.39 is 5.97 Å². The zero-order valence-corrected chi connectivity index (χ0v) is 16.0. The molecule has 1 N–H and O–H groups in total. The van der Waals surface area contributed by atoms with Gasteiger partial charge >= 0.3 is 5.97 Å². The average molecular weight is 362 g/mol. The molecule has 1 aromatic rings. The van der Waals surface area contributed by atoms with Crippen molar-refractivity contribution in [2.24, 2.45) is 5.41 Å². The Hall–Kier alpha value is -1.63. The van der Waals surface area contributed by atoms with E-state index in [0.717, 1.165) is 56.8 Å². The average Bonchev–Trinajstić information content (AvgIpc) is 2.94. The van der Waals surface area contributed by atoms with Crippen LogP contribution in [0.5, 0.6) is 5.75 Å². The zero-order chi connectivity index (χ0) is 18.7. The van der Waals surface area contributed by atoms with Gasteiger partial charge in [-0.05, 0) is 62.5 Å². The molecule has 1 atom stereocenters. The van der Waals surface area contributed by atoms with Crippen molar-refractivity contribution >= 4 is 5.97 Å². The minimum absolute atomic E-state index is 0.176. The van der Waals surface area contributed by atoms with Crippen LogP contribution in [0.3, 0.4) is 0 Å². The Kier molecular flexibility index (Phi) is 5.85. The second-order valence-electron chi connectivity index (χ2n) is 7.83. The fraction of sp³-hybridized carbons (Fsp3) is 0.650. The SMILES string of the molecule is COCc1cc(CN2CCC3(CC2)C[C@@H](C(=O)O)N(C)C3)ccc1OC. The van der Waals surface area contributed by atoms with E-state index in [1.165, 1.54) is 5.56 Å². The molecule has 2 aliphatic heterocycles. The Balaban J connectivity index is 1.59. The van der Waals surface area contributed by atoms with E-state index in [9.17, 15) is 9.90 Å². The Morgan fingerprint density at radius 3 is 2.62 bits per heavy atom. The molecule has 3 rings (SSSR count). The summed E-state index contributed by atoms with van der Waals surface area (Å²) >= 11 is 0. The number of methoxy groups -OCH3 is 2. The van der Waals surface area contributed by atoms with E-state index in [2.05, 4.69) is 17.0 Å². The lowest BCUT2D eigenvalue weighted by molar-refractivity contribution is -0.141. The highest BCUT2D eigenvalue weighted by atomic mass is 16.5. The summed E-state index contributed by atoms with van der Waals surface area (Å²) in [4.78, 5) is 15.9. The van der Waals surface area contributed by atoms with Gasteiger partial charge in [0.1, 0.15) is 11.8 Å². The molecule has 6 heteroatoms. The van der Waals surface area contributed by atoms with E-state index in [1.54, 1.807) is 14.2 Å². The van der Waals surface area contributed by atoms with E-state index in [4.69, 9.17) is 9.47 Å². The number of likely N-dealkylation sites (tertiary alicyclic amines) is 2. The van der Waals surface area contributed by atoms with Gasteiger partial charge in [-0.2, -0.15) is 0 Å². The largest absolute Gasteiger partial charge is 0.496 e. The maximum atomic E-state index is 11.4. The van der Waals surface area contributed by atoms with Gasteiger partial charge in [-0.1, -0.05) is 6.07 Å². The van der Waals surface area contributed by atoms with Crippen LogP contribution in [0, 0.1) is 5.41 Å². The molecule has 0 amide bonds. The standard InChI is InChI=1S/C20H30N2O4/c1-21-14-20(11-17(21)19(23)24)6-8-22(9-7-20)12-15-4-5-18(26-3)16(10-15)13-25-2/h4-5,10,17H,6-9,11-14H2,1-3H3,(H,23,24)/t17-/m0/s1. The molecular weight excluding hydrogens is 332 g/mol.